The van der Waals surface area contributed by atoms with E-state index in [1.165, 1.54) is 0 Å². The molecule has 5 heteroatoms. The molecule has 5 nitrogen and oxygen atoms in total. The quantitative estimate of drug-likeness (QED) is 0.671. The van der Waals surface area contributed by atoms with Crippen LogP contribution in [0.2, 0.25) is 0 Å². The predicted molar refractivity (Wildman–Crippen MR) is 58.0 cm³/mol. The normalized spacial score (nSPS) is 20.1. The van der Waals surface area contributed by atoms with Crippen molar-refractivity contribution in [2.45, 2.75) is 45.8 Å². The van der Waals surface area contributed by atoms with Gasteiger partial charge in [0.2, 0.25) is 0 Å². The molecule has 1 aliphatic rings. The molecule has 0 aromatic heterocycles. The average molecular weight is 229 g/mol. The highest BCUT2D eigenvalue weighted by Crippen LogP contribution is 2.14. The van der Waals surface area contributed by atoms with Crippen LogP contribution in [-0.2, 0) is 14.3 Å². The summed E-state index contributed by atoms with van der Waals surface area (Å²) < 4.78 is 10.1. The SMILES string of the molecule is CCCC(=O)OC[C@H]1CN(C(C)C)C(=O)O1. The Kier molecular flexibility index (Phi) is 4.58. The lowest BCUT2D eigenvalue weighted by atomic mass is 10.3. The Morgan fingerprint density at radius 2 is 2.31 bits per heavy atom. The number of esters is 1. The summed E-state index contributed by atoms with van der Waals surface area (Å²) in [7, 11) is 0. The summed E-state index contributed by atoms with van der Waals surface area (Å²) in [5.41, 5.74) is 0. The van der Waals surface area contributed by atoms with Crippen LogP contribution in [0.15, 0.2) is 0 Å². The summed E-state index contributed by atoms with van der Waals surface area (Å²) in [6.45, 7) is 6.42. The standard InChI is InChI=1S/C11H19NO4/c1-4-5-10(13)15-7-9-6-12(8(2)3)11(14)16-9/h8-9H,4-7H2,1-3H3/t9-/m1/s1. The average Bonchev–Trinajstić information content (AvgIpc) is 2.57. The minimum Gasteiger partial charge on any atom is -0.462 e. The smallest absolute Gasteiger partial charge is 0.410 e. The summed E-state index contributed by atoms with van der Waals surface area (Å²) in [4.78, 5) is 24.1. The van der Waals surface area contributed by atoms with Crippen molar-refractivity contribution in [2.75, 3.05) is 13.2 Å². The third kappa shape index (κ3) is 3.40. The van der Waals surface area contributed by atoms with E-state index in [0.29, 0.717) is 13.0 Å². The molecule has 0 saturated carbocycles. The molecule has 0 aromatic rings. The second-order valence-electron chi connectivity index (χ2n) is 4.18. The van der Waals surface area contributed by atoms with Crippen molar-refractivity contribution < 1.29 is 19.1 Å². The van der Waals surface area contributed by atoms with Crippen LogP contribution in [-0.4, -0.2) is 42.3 Å². The van der Waals surface area contributed by atoms with Gasteiger partial charge in [-0.2, -0.15) is 0 Å². The molecule has 1 aliphatic heterocycles. The van der Waals surface area contributed by atoms with E-state index in [1.807, 2.05) is 20.8 Å². The molecule has 0 spiro atoms. The second kappa shape index (κ2) is 5.72. The maximum Gasteiger partial charge on any atom is 0.410 e. The zero-order valence-electron chi connectivity index (χ0n) is 10.1. The van der Waals surface area contributed by atoms with Gasteiger partial charge >= 0.3 is 12.1 Å². The number of cyclic esters (lactones) is 1. The van der Waals surface area contributed by atoms with Crippen molar-refractivity contribution in [3.63, 3.8) is 0 Å². The Morgan fingerprint density at radius 3 is 2.81 bits per heavy atom. The maximum atomic E-state index is 11.4. The van der Waals surface area contributed by atoms with Crippen LogP contribution in [0.3, 0.4) is 0 Å². The molecule has 0 unspecified atom stereocenters. The van der Waals surface area contributed by atoms with E-state index in [-0.39, 0.29) is 30.8 Å². The van der Waals surface area contributed by atoms with Gasteiger partial charge in [-0.25, -0.2) is 4.79 Å². The van der Waals surface area contributed by atoms with Gasteiger partial charge in [-0.05, 0) is 20.3 Å². The second-order valence-corrected chi connectivity index (χ2v) is 4.18. The third-order valence-electron chi connectivity index (χ3n) is 2.41. The van der Waals surface area contributed by atoms with Gasteiger partial charge in [0, 0.05) is 12.5 Å². The highest BCUT2D eigenvalue weighted by molar-refractivity contribution is 5.71. The van der Waals surface area contributed by atoms with Gasteiger partial charge < -0.3 is 14.4 Å². The van der Waals surface area contributed by atoms with Crippen molar-refractivity contribution in [1.29, 1.82) is 0 Å². The molecule has 16 heavy (non-hydrogen) atoms. The van der Waals surface area contributed by atoms with E-state index >= 15 is 0 Å². The number of carbonyl (C=O) groups is 2. The Bertz CT molecular complexity index is 265. The van der Waals surface area contributed by atoms with Crippen LogP contribution in [0.5, 0.6) is 0 Å². The van der Waals surface area contributed by atoms with Crippen molar-refractivity contribution in [3.05, 3.63) is 0 Å². The Balaban J connectivity index is 2.31. The number of nitrogens with zero attached hydrogens (tertiary/aromatic N) is 1. The largest absolute Gasteiger partial charge is 0.462 e. The molecule has 1 heterocycles. The molecule has 1 amide bonds. The van der Waals surface area contributed by atoms with Crippen molar-refractivity contribution in [3.8, 4) is 0 Å². The van der Waals surface area contributed by atoms with Gasteiger partial charge in [0.25, 0.3) is 0 Å². The molecule has 0 N–H and O–H groups in total. The lowest BCUT2D eigenvalue weighted by molar-refractivity contribution is -0.146. The lowest BCUT2D eigenvalue weighted by Gasteiger charge is -2.16. The molecule has 1 saturated heterocycles. The first-order valence-electron chi connectivity index (χ1n) is 5.67. The van der Waals surface area contributed by atoms with Crippen LogP contribution in [0.1, 0.15) is 33.6 Å². The summed E-state index contributed by atoms with van der Waals surface area (Å²) in [6.07, 6.45) is 0.526. The van der Waals surface area contributed by atoms with Crippen molar-refractivity contribution in [1.82, 2.24) is 4.90 Å². The number of carbonyl (C=O) groups excluding carboxylic acids is 2. The molecule has 0 aliphatic carbocycles. The first-order valence-corrected chi connectivity index (χ1v) is 5.67. The van der Waals surface area contributed by atoms with Crippen molar-refractivity contribution >= 4 is 12.1 Å². The highest BCUT2D eigenvalue weighted by atomic mass is 16.6. The molecule has 1 fully saturated rings. The molecule has 92 valence electrons. The van der Waals surface area contributed by atoms with E-state index in [1.54, 1.807) is 4.90 Å². The maximum absolute atomic E-state index is 11.4. The highest BCUT2D eigenvalue weighted by Gasteiger charge is 2.33. The summed E-state index contributed by atoms with van der Waals surface area (Å²) >= 11 is 0. The molecule has 1 atom stereocenters. The number of hydrogen-bond donors (Lipinski definition) is 0. The molecule has 0 aromatic carbocycles. The number of ether oxygens (including phenoxy) is 2. The van der Waals surface area contributed by atoms with Gasteiger partial charge in [0.15, 0.2) is 6.10 Å². The van der Waals surface area contributed by atoms with Crippen LogP contribution in [0, 0.1) is 0 Å². The van der Waals surface area contributed by atoms with Crippen LogP contribution in [0.25, 0.3) is 0 Å². The van der Waals surface area contributed by atoms with Crippen LogP contribution < -0.4 is 0 Å². The first kappa shape index (κ1) is 12.8. The monoisotopic (exact) mass is 229 g/mol. The number of rotatable bonds is 5. The van der Waals surface area contributed by atoms with E-state index in [4.69, 9.17) is 9.47 Å². The molecule has 0 radical (unpaired) electrons. The van der Waals surface area contributed by atoms with E-state index in [0.717, 1.165) is 6.42 Å². The Morgan fingerprint density at radius 1 is 1.62 bits per heavy atom. The van der Waals surface area contributed by atoms with Gasteiger partial charge in [-0.15, -0.1) is 0 Å². The van der Waals surface area contributed by atoms with Gasteiger partial charge in [0.05, 0.1) is 6.54 Å². The van der Waals surface area contributed by atoms with E-state index in [9.17, 15) is 9.59 Å². The summed E-state index contributed by atoms with van der Waals surface area (Å²) in [6, 6.07) is 0.115. The Labute approximate surface area is 95.7 Å². The van der Waals surface area contributed by atoms with Crippen LogP contribution >= 0.6 is 0 Å². The first-order chi connectivity index (χ1) is 7.54. The Hall–Kier alpha value is -1.26. The van der Waals surface area contributed by atoms with E-state index < -0.39 is 0 Å². The topological polar surface area (TPSA) is 55.8 Å². The van der Waals surface area contributed by atoms with Crippen molar-refractivity contribution in [2.24, 2.45) is 0 Å². The van der Waals surface area contributed by atoms with Gasteiger partial charge in [0.1, 0.15) is 6.61 Å². The van der Waals surface area contributed by atoms with Gasteiger partial charge in [-0.1, -0.05) is 6.92 Å². The lowest BCUT2D eigenvalue weighted by Crippen LogP contribution is -2.32. The molecular weight excluding hydrogens is 210 g/mol. The molecule has 0 bridgehead atoms. The summed E-state index contributed by atoms with van der Waals surface area (Å²) in [5.74, 6) is -0.235. The number of hydrogen-bond acceptors (Lipinski definition) is 4. The zero-order chi connectivity index (χ0) is 12.1. The third-order valence-corrected chi connectivity index (χ3v) is 2.41. The van der Waals surface area contributed by atoms with Crippen LogP contribution in [0.4, 0.5) is 4.79 Å². The zero-order valence-corrected chi connectivity index (χ0v) is 10.1. The summed E-state index contributed by atoms with van der Waals surface area (Å²) in [5, 5.41) is 0. The fourth-order valence-corrected chi connectivity index (χ4v) is 1.51. The fourth-order valence-electron chi connectivity index (χ4n) is 1.51. The molecule has 1 rings (SSSR count). The molecular formula is C11H19NO4. The fraction of sp³-hybridized carbons (Fsp3) is 0.818. The minimum absolute atomic E-state index is 0.115. The predicted octanol–water partition coefficient (Wildman–Crippen LogP) is 1.56. The van der Waals surface area contributed by atoms with E-state index in [2.05, 4.69) is 0 Å². The van der Waals surface area contributed by atoms with Gasteiger partial charge in [-0.3, -0.25) is 4.79 Å². The number of amides is 1. The minimum atomic E-state index is -0.327.